The van der Waals surface area contributed by atoms with Gasteiger partial charge in [-0.1, -0.05) is 42.5 Å². The van der Waals surface area contributed by atoms with Crippen molar-refractivity contribution in [1.29, 1.82) is 0 Å². The highest BCUT2D eigenvalue weighted by Crippen LogP contribution is 2.26. The Hall–Kier alpha value is -3.80. The lowest BCUT2D eigenvalue weighted by atomic mass is 10.2. The van der Waals surface area contributed by atoms with Crippen molar-refractivity contribution in [3.63, 3.8) is 0 Å². The highest BCUT2D eigenvalue weighted by Gasteiger charge is 2.11. The van der Waals surface area contributed by atoms with Crippen LogP contribution in [-0.2, 0) is 13.0 Å². The third kappa shape index (κ3) is 5.09. The van der Waals surface area contributed by atoms with Crippen LogP contribution in [0.5, 0.6) is 11.5 Å². The second-order valence-electron chi connectivity index (χ2n) is 7.39. The molecule has 0 radical (unpaired) electrons. The minimum absolute atomic E-state index is 0.0516. The number of rotatable bonds is 10. The fourth-order valence-corrected chi connectivity index (χ4v) is 3.69. The van der Waals surface area contributed by atoms with Crippen molar-refractivity contribution in [2.75, 3.05) is 20.3 Å². The molecule has 32 heavy (non-hydrogen) atoms. The quantitative estimate of drug-likeness (QED) is 0.377. The Kier molecular flexibility index (Phi) is 7.02. The topological polar surface area (TPSA) is 65.4 Å². The first-order valence-electron chi connectivity index (χ1n) is 10.8. The molecule has 4 aromatic rings. The Morgan fingerprint density at radius 2 is 1.66 bits per heavy atom. The second-order valence-corrected chi connectivity index (χ2v) is 7.39. The van der Waals surface area contributed by atoms with Crippen molar-refractivity contribution >= 4 is 16.9 Å². The average molecular weight is 430 g/mol. The lowest BCUT2D eigenvalue weighted by Crippen LogP contribution is -2.25. The molecule has 6 heteroatoms. The molecule has 3 aromatic carbocycles. The molecule has 0 spiro atoms. The zero-order valence-corrected chi connectivity index (χ0v) is 18.2. The number of benzene rings is 3. The zero-order valence-electron chi connectivity index (χ0n) is 18.2. The summed E-state index contributed by atoms with van der Waals surface area (Å²) >= 11 is 0. The van der Waals surface area contributed by atoms with E-state index in [0.717, 1.165) is 41.2 Å². The van der Waals surface area contributed by atoms with Crippen LogP contribution in [0.4, 0.5) is 0 Å². The van der Waals surface area contributed by atoms with E-state index in [2.05, 4.69) is 16.0 Å². The number of hydrogen-bond donors (Lipinski definition) is 1. The number of aryl methyl sites for hydroxylation is 1. The van der Waals surface area contributed by atoms with Gasteiger partial charge in [-0.15, -0.1) is 0 Å². The summed E-state index contributed by atoms with van der Waals surface area (Å²) in [6, 6.07) is 25.0. The van der Waals surface area contributed by atoms with Gasteiger partial charge in [0, 0.05) is 18.5 Å². The van der Waals surface area contributed by atoms with E-state index in [-0.39, 0.29) is 5.91 Å². The van der Waals surface area contributed by atoms with Crippen LogP contribution >= 0.6 is 0 Å². The summed E-state index contributed by atoms with van der Waals surface area (Å²) in [4.78, 5) is 17.1. The Labute approximate surface area is 187 Å². The summed E-state index contributed by atoms with van der Waals surface area (Å²) in [6.07, 6.45) is 1.56. The van der Waals surface area contributed by atoms with Crippen molar-refractivity contribution in [2.45, 2.75) is 19.4 Å². The van der Waals surface area contributed by atoms with E-state index in [1.165, 1.54) is 0 Å². The van der Waals surface area contributed by atoms with E-state index in [0.29, 0.717) is 25.3 Å². The first-order valence-corrected chi connectivity index (χ1v) is 10.8. The van der Waals surface area contributed by atoms with E-state index < -0.39 is 0 Å². The number of ether oxygens (including phenoxy) is 2. The fourth-order valence-electron chi connectivity index (χ4n) is 3.69. The molecule has 1 N–H and O–H groups in total. The Morgan fingerprint density at radius 3 is 2.47 bits per heavy atom. The standard InChI is InChI=1S/C26H27N3O3/c1-31-23-14-7-8-15-24(23)32-19-18-29-22-13-6-5-12-21(22)28-25(29)16-9-17-27-26(30)20-10-3-2-4-11-20/h2-8,10-15H,9,16-19H2,1H3,(H,27,30). The van der Waals surface area contributed by atoms with Crippen molar-refractivity contribution in [1.82, 2.24) is 14.9 Å². The normalized spacial score (nSPS) is 10.8. The molecule has 164 valence electrons. The van der Waals surface area contributed by atoms with Gasteiger partial charge in [0.05, 0.1) is 24.7 Å². The third-order valence-corrected chi connectivity index (χ3v) is 5.27. The number of methoxy groups -OCH3 is 1. The molecule has 0 unspecified atom stereocenters. The molecule has 6 nitrogen and oxygen atoms in total. The van der Waals surface area contributed by atoms with Crippen LogP contribution in [0.15, 0.2) is 78.9 Å². The maximum absolute atomic E-state index is 12.2. The van der Waals surface area contributed by atoms with Gasteiger partial charge < -0.3 is 19.4 Å². The van der Waals surface area contributed by atoms with Crippen LogP contribution in [-0.4, -0.2) is 35.7 Å². The van der Waals surface area contributed by atoms with Gasteiger partial charge in [-0.3, -0.25) is 4.79 Å². The number of carbonyl (C=O) groups excluding carboxylic acids is 1. The van der Waals surface area contributed by atoms with Gasteiger partial charge in [-0.25, -0.2) is 4.98 Å². The van der Waals surface area contributed by atoms with Crippen LogP contribution in [0.1, 0.15) is 22.6 Å². The fraction of sp³-hybridized carbons (Fsp3) is 0.231. The summed E-state index contributed by atoms with van der Waals surface area (Å²) in [5, 5.41) is 2.99. The summed E-state index contributed by atoms with van der Waals surface area (Å²) < 4.78 is 13.5. The average Bonchev–Trinajstić information content (AvgIpc) is 3.20. The number of hydrogen-bond acceptors (Lipinski definition) is 4. The van der Waals surface area contributed by atoms with E-state index in [1.807, 2.05) is 72.8 Å². The van der Waals surface area contributed by atoms with E-state index in [9.17, 15) is 4.79 Å². The lowest BCUT2D eigenvalue weighted by molar-refractivity contribution is 0.0953. The molecular weight excluding hydrogens is 402 g/mol. The van der Waals surface area contributed by atoms with E-state index in [1.54, 1.807) is 7.11 Å². The number of para-hydroxylation sites is 4. The van der Waals surface area contributed by atoms with Gasteiger partial charge in [0.15, 0.2) is 11.5 Å². The smallest absolute Gasteiger partial charge is 0.251 e. The summed E-state index contributed by atoms with van der Waals surface area (Å²) in [5.41, 5.74) is 2.72. The van der Waals surface area contributed by atoms with E-state index >= 15 is 0 Å². The van der Waals surface area contributed by atoms with Crippen molar-refractivity contribution in [3.05, 3.63) is 90.3 Å². The molecule has 0 atom stereocenters. The van der Waals surface area contributed by atoms with Gasteiger partial charge in [0.2, 0.25) is 0 Å². The summed E-state index contributed by atoms with van der Waals surface area (Å²) in [5.74, 6) is 2.38. The number of nitrogens with zero attached hydrogens (tertiary/aromatic N) is 2. The van der Waals surface area contributed by atoms with Gasteiger partial charge in [0.1, 0.15) is 12.4 Å². The van der Waals surface area contributed by atoms with Crippen molar-refractivity contribution < 1.29 is 14.3 Å². The minimum Gasteiger partial charge on any atom is -0.493 e. The van der Waals surface area contributed by atoms with Gasteiger partial charge in [-0.05, 0) is 42.8 Å². The van der Waals surface area contributed by atoms with Crippen LogP contribution < -0.4 is 14.8 Å². The molecule has 0 aliphatic carbocycles. The van der Waals surface area contributed by atoms with Gasteiger partial charge >= 0.3 is 0 Å². The molecular formula is C26H27N3O3. The molecule has 0 fully saturated rings. The first kappa shape index (κ1) is 21.4. The number of nitrogens with one attached hydrogen (secondary N) is 1. The number of fused-ring (bicyclic) bond motifs is 1. The number of carbonyl (C=O) groups is 1. The number of amides is 1. The zero-order chi connectivity index (χ0) is 22.2. The minimum atomic E-state index is -0.0516. The molecule has 1 heterocycles. The Morgan fingerprint density at radius 1 is 0.938 bits per heavy atom. The largest absolute Gasteiger partial charge is 0.493 e. The van der Waals surface area contributed by atoms with Crippen molar-refractivity contribution in [3.8, 4) is 11.5 Å². The van der Waals surface area contributed by atoms with Crippen LogP contribution in [0.3, 0.4) is 0 Å². The number of aromatic nitrogens is 2. The second kappa shape index (κ2) is 10.5. The molecule has 1 amide bonds. The Bertz CT molecular complexity index is 1170. The van der Waals surface area contributed by atoms with Gasteiger partial charge in [0.25, 0.3) is 5.91 Å². The molecule has 0 aliphatic heterocycles. The molecule has 0 saturated heterocycles. The third-order valence-electron chi connectivity index (χ3n) is 5.27. The SMILES string of the molecule is COc1ccccc1OCCn1c(CCCNC(=O)c2ccccc2)nc2ccccc21. The highest BCUT2D eigenvalue weighted by atomic mass is 16.5. The molecule has 0 aliphatic rings. The molecule has 1 aromatic heterocycles. The summed E-state index contributed by atoms with van der Waals surface area (Å²) in [7, 11) is 1.64. The van der Waals surface area contributed by atoms with Crippen molar-refractivity contribution in [2.24, 2.45) is 0 Å². The molecule has 4 rings (SSSR count). The van der Waals surface area contributed by atoms with Crippen LogP contribution in [0.2, 0.25) is 0 Å². The predicted molar refractivity (Wildman–Crippen MR) is 125 cm³/mol. The van der Waals surface area contributed by atoms with Gasteiger partial charge in [-0.2, -0.15) is 0 Å². The Balaban J connectivity index is 1.38. The van der Waals surface area contributed by atoms with Crippen LogP contribution in [0, 0.1) is 0 Å². The maximum atomic E-state index is 12.2. The first-order chi connectivity index (χ1) is 15.8. The number of imidazole rings is 1. The molecule has 0 bridgehead atoms. The molecule has 0 saturated carbocycles. The predicted octanol–water partition coefficient (Wildman–Crippen LogP) is 4.49. The lowest BCUT2D eigenvalue weighted by Gasteiger charge is -2.13. The highest BCUT2D eigenvalue weighted by molar-refractivity contribution is 5.94. The summed E-state index contributed by atoms with van der Waals surface area (Å²) in [6.45, 7) is 1.76. The van der Waals surface area contributed by atoms with E-state index in [4.69, 9.17) is 14.5 Å². The monoisotopic (exact) mass is 429 g/mol. The maximum Gasteiger partial charge on any atom is 0.251 e. The van der Waals surface area contributed by atoms with Crippen LogP contribution in [0.25, 0.3) is 11.0 Å².